The number of aromatic amines is 1. The number of nitrogens with zero attached hydrogens (tertiary/aromatic N) is 3. The van der Waals surface area contributed by atoms with Gasteiger partial charge in [0.15, 0.2) is 5.82 Å². The van der Waals surface area contributed by atoms with Gasteiger partial charge < -0.3 is 9.72 Å². The molecular weight excluding hydrogens is 328 g/mol. The number of H-pyrrole nitrogens is 1. The molecule has 128 valence electrons. The van der Waals surface area contributed by atoms with Gasteiger partial charge in [0.1, 0.15) is 12.4 Å². The smallest absolute Gasteiger partial charge is 0.331 e. The minimum absolute atomic E-state index is 0. The summed E-state index contributed by atoms with van der Waals surface area (Å²) in [7, 11) is 0. The van der Waals surface area contributed by atoms with Gasteiger partial charge in [-0.05, 0) is 44.9 Å². The maximum Gasteiger partial charge on any atom is 0.331 e. The van der Waals surface area contributed by atoms with Crippen LogP contribution in [-0.4, -0.2) is 34.7 Å². The average Bonchev–Trinajstić information content (AvgIpc) is 3.01. The van der Waals surface area contributed by atoms with Crippen molar-refractivity contribution in [2.24, 2.45) is 0 Å². The topological polar surface area (TPSA) is 61.5 Å². The first-order valence-corrected chi connectivity index (χ1v) is 7.85. The second-order valence-corrected chi connectivity index (χ2v) is 6.42. The first-order valence-electron chi connectivity index (χ1n) is 7.85. The Balaban J connectivity index is 0.00000169. The summed E-state index contributed by atoms with van der Waals surface area (Å²) in [6.45, 7) is 8.54. The lowest BCUT2D eigenvalue weighted by Crippen LogP contribution is -2.44. The Hall–Kier alpha value is -2.21. The second kappa shape index (κ2) is 5.70. The number of urea groups is 1. The number of hydrogen-bond donors (Lipinski definition) is 1. The average molecular weight is 349 g/mol. The van der Waals surface area contributed by atoms with Crippen molar-refractivity contribution in [1.29, 1.82) is 0 Å². The molecule has 0 aliphatic carbocycles. The summed E-state index contributed by atoms with van der Waals surface area (Å²) in [5.41, 5.74) is 3.95. The molecule has 0 saturated carbocycles. The zero-order chi connectivity index (χ0) is 16.3. The second-order valence-electron chi connectivity index (χ2n) is 6.42. The van der Waals surface area contributed by atoms with Crippen LogP contribution in [0.25, 0.3) is 0 Å². The maximum atomic E-state index is 13.1. The number of aryl methyl sites for hydroxylation is 3. The summed E-state index contributed by atoms with van der Waals surface area (Å²) in [4.78, 5) is 24.2. The Kier molecular flexibility index (Phi) is 3.95. The van der Waals surface area contributed by atoms with Crippen LogP contribution < -0.4 is 14.5 Å². The fraction of sp³-hybridized carbons (Fsp3) is 0.412. The van der Waals surface area contributed by atoms with Crippen molar-refractivity contribution < 1.29 is 9.53 Å². The molecule has 1 aromatic heterocycles. The highest BCUT2D eigenvalue weighted by Gasteiger charge is 2.49. The van der Waals surface area contributed by atoms with Gasteiger partial charge in [-0.1, -0.05) is 6.07 Å². The third-order valence-electron chi connectivity index (χ3n) is 4.80. The van der Waals surface area contributed by atoms with Crippen LogP contribution in [0.5, 0.6) is 5.75 Å². The molecular formula is C17H21ClN4O2. The van der Waals surface area contributed by atoms with Crippen LogP contribution in [0.15, 0.2) is 18.5 Å². The molecule has 2 unspecified atom stereocenters. The van der Waals surface area contributed by atoms with Crippen LogP contribution in [0.3, 0.4) is 0 Å². The van der Waals surface area contributed by atoms with E-state index in [1.807, 2.05) is 38.7 Å². The van der Waals surface area contributed by atoms with E-state index in [1.165, 1.54) is 0 Å². The summed E-state index contributed by atoms with van der Waals surface area (Å²) >= 11 is 0. The van der Waals surface area contributed by atoms with Gasteiger partial charge >= 0.3 is 6.03 Å². The van der Waals surface area contributed by atoms with E-state index >= 15 is 0 Å². The number of carbonyl (C=O) groups is 1. The number of benzene rings is 1. The highest BCUT2D eigenvalue weighted by Crippen LogP contribution is 2.43. The van der Waals surface area contributed by atoms with E-state index in [4.69, 9.17) is 4.74 Å². The maximum absolute atomic E-state index is 13.1. The van der Waals surface area contributed by atoms with E-state index in [2.05, 4.69) is 16.0 Å². The normalized spacial score (nSPS) is 21.9. The van der Waals surface area contributed by atoms with E-state index < -0.39 is 0 Å². The van der Waals surface area contributed by atoms with Crippen molar-refractivity contribution >= 4 is 29.9 Å². The van der Waals surface area contributed by atoms with Crippen LogP contribution in [0, 0.1) is 20.8 Å². The monoisotopic (exact) mass is 348 g/mol. The van der Waals surface area contributed by atoms with E-state index in [-0.39, 0.29) is 30.5 Å². The molecule has 4 rings (SSSR count). The molecule has 24 heavy (non-hydrogen) atoms. The molecule has 2 aromatic rings. The van der Waals surface area contributed by atoms with Crippen LogP contribution in [-0.2, 0) is 0 Å². The molecule has 1 N–H and O–H groups in total. The lowest BCUT2D eigenvalue weighted by atomic mass is 10.0. The third-order valence-corrected chi connectivity index (χ3v) is 4.80. The van der Waals surface area contributed by atoms with Gasteiger partial charge in [0.05, 0.1) is 29.8 Å². The number of carbonyl (C=O) groups excluding carboxylic acids is 1. The fourth-order valence-corrected chi connectivity index (χ4v) is 3.66. The summed E-state index contributed by atoms with van der Waals surface area (Å²) in [6, 6.07) is 4.07. The van der Waals surface area contributed by atoms with E-state index in [0.29, 0.717) is 12.4 Å². The van der Waals surface area contributed by atoms with Crippen molar-refractivity contribution in [2.75, 3.05) is 16.4 Å². The Morgan fingerprint density at radius 2 is 2.00 bits per heavy atom. The minimum atomic E-state index is -0.0350. The molecule has 1 saturated heterocycles. The Labute approximate surface area is 147 Å². The number of amides is 2. The molecule has 1 aromatic carbocycles. The van der Waals surface area contributed by atoms with Crippen LogP contribution in [0.4, 0.5) is 16.3 Å². The van der Waals surface area contributed by atoms with Crippen molar-refractivity contribution in [2.45, 2.75) is 39.8 Å². The highest BCUT2D eigenvalue weighted by atomic mass is 35.5. The molecule has 3 heterocycles. The predicted molar refractivity (Wildman–Crippen MR) is 95.6 cm³/mol. The van der Waals surface area contributed by atoms with Gasteiger partial charge in [-0.15, -0.1) is 12.4 Å². The van der Waals surface area contributed by atoms with Gasteiger partial charge in [0.25, 0.3) is 0 Å². The highest BCUT2D eigenvalue weighted by molar-refractivity contribution is 6.08. The molecule has 2 amide bonds. The molecule has 1 fully saturated rings. The van der Waals surface area contributed by atoms with Gasteiger partial charge in [0.2, 0.25) is 0 Å². The number of imidazole rings is 1. The molecule has 2 aliphatic heterocycles. The molecule has 0 bridgehead atoms. The molecule has 6 nitrogen and oxygen atoms in total. The van der Waals surface area contributed by atoms with Crippen LogP contribution in [0.1, 0.15) is 23.7 Å². The molecule has 0 radical (unpaired) electrons. The number of hydrogen-bond acceptors (Lipinski definition) is 3. The first-order chi connectivity index (χ1) is 11.0. The zero-order valence-corrected chi connectivity index (χ0v) is 15.0. The van der Waals surface area contributed by atoms with E-state index in [0.717, 1.165) is 28.3 Å². The van der Waals surface area contributed by atoms with E-state index in [1.54, 1.807) is 11.2 Å². The van der Waals surface area contributed by atoms with E-state index in [9.17, 15) is 4.79 Å². The summed E-state index contributed by atoms with van der Waals surface area (Å²) < 4.78 is 5.99. The lowest BCUT2D eigenvalue weighted by Gasteiger charge is -2.33. The molecule has 2 aliphatic rings. The number of rotatable bonds is 1. The van der Waals surface area contributed by atoms with Gasteiger partial charge in [-0.25, -0.2) is 9.78 Å². The van der Waals surface area contributed by atoms with Crippen molar-refractivity contribution in [3.63, 3.8) is 0 Å². The summed E-state index contributed by atoms with van der Waals surface area (Å²) in [5.74, 6) is 1.51. The largest absolute Gasteiger partial charge is 0.489 e. The molecule has 2 atom stereocenters. The molecule has 7 heteroatoms. The molecule has 0 spiro atoms. The number of aromatic nitrogens is 2. The quantitative estimate of drug-likeness (QED) is 0.859. The van der Waals surface area contributed by atoms with Gasteiger partial charge in [-0.2, -0.15) is 0 Å². The Morgan fingerprint density at radius 3 is 2.67 bits per heavy atom. The number of fused-ring (bicyclic) bond motifs is 3. The number of ether oxygens (including phenoxy) is 1. The number of anilines is 2. The van der Waals surface area contributed by atoms with Crippen molar-refractivity contribution in [3.8, 4) is 5.75 Å². The number of nitrogens with one attached hydrogen (secondary N) is 1. The lowest BCUT2D eigenvalue weighted by molar-refractivity contribution is 0.245. The fourth-order valence-electron chi connectivity index (χ4n) is 3.66. The van der Waals surface area contributed by atoms with Crippen LogP contribution in [0.2, 0.25) is 0 Å². The standard InChI is InChI=1S/C17H20N4O2.ClH/c1-9-5-10(2)15-13(6-9)21-14(7-23-15)12(4)20(17(21)22)16-11(3)18-8-19-16;/h5-6,8,12,14H,7H2,1-4H3,(H,18,19);1H. The summed E-state index contributed by atoms with van der Waals surface area (Å²) in [5, 5.41) is 0. The SMILES string of the molecule is Cc1cc(C)c2c(c1)N1C(=O)N(c3nc[nH]c3C)C(C)C1CO2.Cl. The Bertz CT molecular complexity index is 804. The Morgan fingerprint density at radius 1 is 1.25 bits per heavy atom. The zero-order valence-electron chi connectivity index (χ0n) is 14.2. The number of halogens is 1. The van der Waals surface area contributed by atoms with Crippen molar-refractivity contribution in [3.05, 3.63) is 35.3 Å². The van der Waals surface area contributed by atoms with Gasteiger partial charge in [0, 0.05) is 0 Å². The van der Waals surface area contributed by atoms with Crippen LogP contribution >= 0.6 is 12.4 Å². The van der Waals surface area contributed by atoms with Gasteiger partial charge in [-0.3, -0.25) is 9.80 Å². The minimum Gasteiger partial charge on any atom is -0.489 e. The summed E-state index contributed by atoms with van der Waals surface area (Å²) in [6.07, 6.45) is 1.63. The van der Waals surface area contributed by atoms with Crippen molar-refractivity contribution in [1.82, 2.24) is 9.97 Å². The first kappa shape index (κ1) is 16.6. The predicted octanol–water partition coefficient (Wildman–Crippen LogP) is 3.35. The third kappa shape index (κ3) is 2.17.